The van der Waals surface area contributed by atoms with E-state index >= 15 is 0 Å². The second-order valence-corrected chi connectivity index (χ2v) is 8.79. The number of hydrogen-bond donors (Lipinski definition) is 0. The second-order valence-electron chi connectivity index (χ2n) is 6.79. The van der Waals surface area contributed by atoms with E-state index in [1.807, 2.05) is 16.4 Å². The van der Waals surface area contributed by atoms with Gasteiger partial charge in [-0.3, -0.25) is 9.59 Å². The van der Waals surface area contributed by atoms with Gasteiger partial charge in [-0.05, 0) is 44.4 Å². The van der Waals surface area contributed by atoms with Crippen LogP contribution in [0.4, 0.5) is 0 Å². The first kappa shape index (κ1) is 21.1. The molecule has 3 rings (SSSR count). The van der Waals surface area contributed by atoms with Gasteiger partial charge in [0, 0.05) is 26.2 Å². The Morgan fingerprint density at radius 1 is 1.25 bits per heavy atom. The van der Waals surface area contributed by atoms with E-state index in [-0.39, 0.29) is 17.6 Å². The molecule has 1 aliphatic heterocycles. The molecule has 152 valence electrons. The Labute approximate surface area is 173 Å². The maximum absolute atomic E-state index is 12.4. The molecular weight excluding hydrogens is 394 g/mol. The molecule has 0 spiro atoms. The van der Waals surface area contributed by atoms with Crippen LogP contribution < -0.4 is 4.80 Å². The topological polar surface area (TPSA) is 63.9 Å². The van der Waals surface area contributed by atoms with E-state index in [0.29, 0.717) is 30.3 Å². The smallest absolute Gasteiger partial charge is 0.258 e. The van der Waals surface area contributed by atoms with Crippen molar-refractivity contribution in [1.29, 1.82) is 0 Å². The Hall–Kier alpha value is -1.64. The summed E-state index contributed by atoms with van der Waals surface area (Å²) in [4.78, 5) is 31.4. The van der Waals surface area contributed by atoms with Crippen LogP contribution in [-0.4, -0.2) is 59.1 Å². The highest BCUT2D eigenvalue weighted by Gasteiger charge is 2.18. The van der Waals surface area contributed by atoms with Crippen molar-refractivity contribution < 1.29 is 14.3 Å². The Bertz CT molecular complexity index is 898. The van der Waals surface area contributed by atoms with Crippen LogP contribution in [0, 0.1) is 6.92 Å². The molecule has 2 amide bonds. The van der Waals surface area contributed by atoms with Crippen LogP contribution in [0.25, 0.3) is 10.2 Å². The normalized spacial score (nSPS) is 14.9. The number of carbonyl (C=O) groups is 2. The van der Waals surface area contributed by atoms with E-state index in [1.54, 1.807) is 0 Å². The fourth-order valence-corrected chi connectivity index (χ4v) is 5.07. The number of benzene rings is 1. The summed E-state index contributed by atoms with van der Waals surface area (Å²) < 4.78 is 8.65. The minimum absolute atomic E-state index is 0.124. The molecule has 0 saturated carbocycles. The molecule has 1 fully saturated rings. The number of aromatic nitrogens is 1. The first-order chi connectivity index (χ1) is 13.6. The summed E-state index contributed by atoms with van der Waals surface area (Å²) in [7, 11) is 0. The number of hydrogen-bond acceptors (Lipinski definition) is 5. The van der Waals surface area contributed by atoms with Crippen molar-refractivity contribution in [3.05, 3.63) is 28.6 Å². The van der Waals surface area contributed by atoms with Gasteiger partial charge in [0.25, 0.3) is 5.91 Å². The van der Waals surface area contributed by atoms with Crippen molar-refractivity contribution in [1.82, 2.24) is 9.47 Å². The summed E-state index contributed by atoms with van der Waals surface area (Å²) in [5.41, 5.74) is 2.25. The molecule has 28 heavy (non-hydrogen) atoms. The zero-order valence-electron chi connectivity index (χ0n) is 16.5. The quantitative estimate of drug-likeness (QED) is 0.615. The predicted molar refractivity (Wildman–Crippen MR) is 115 cm³/mol. The molecule has 1 aliphatic rings. The van der Waals surface area contributed by atoms with Gasteiger partial charge in [-0.1, -0.05) is 17.4 Å². The summed E-state index contributed by atoms with van der Waals surface area (Å²) in [5, 5.41) is 0. The lowest BCUT2D eigenvalue weighted by Gasteiger charge is -2.14. The van der Waals surface area contributed by atoms with Crippen LogP contribution in [0.5, 0.6) is 0 Å². The van der Waals surface area contributed by atoms with Gasteiger partial charge in [-0.15, -0.1) is 11.8 Å². The number of ether oxygens (including phenoxy) is 1. The lowest BCUT2D eigenvalue weighted by Crippen LogP contribution is -2.29. The lowest BCUT2D eigenvalue weighted by molar-refractivity contribution is -0.127. The van der Waals surface area contributed by atoms with E-state index in [9.17, 15) is 9.59 Å². The van der Waals surface area contributed by atoms with Gasteiger partial charge in [0.15, 0.2) is 4.80 Å². The van der Waals surface area contributed by atoms with E-state index in [1.165, 1.54) is 28.7 Å². The predicted octanol–water partition coefficient (Wildman–Crippen LogP) is 2.83. The summed E-state index contributed by atoms with van der Waals surface area (Å²) >= 11 is 2.87. The highest BCUT2D eigenvalue weighted by atomic mass is 32.2. The average molecular weight is 422 g/mol. The van der Waals surface area contributed by atoms with Crippen LogP contribution in [0.3, 0.4) is 0 Å². The molecule has 8 heteroatoms. The highest BCUT2D eigenvalue weighted by molar-refractivity contribution is 8.00. The second kappa shape index (κ2) is 10.2. The van der Waals surface area contributed by atoms with Gasteiger partial charge < -0.3 is 14.2 Å². The fourth-order valence-electron chi connectivity index (χ4n) is 3.20. The number of amides is 2. The van der Waals surface area contributed by atoms with Crippen molar-refractivity contribution >= 4 is 45.1 Å². The molecule has 0 bridgehead atoms. The fraction of sp³-hybridized carbons (Fsp3) is 0.550. The van der Waals surface area contributed by atoms with Crippen molar-refractivity contribution in [2.75, 3.05) is 37.8 Å². The summed E-state index contributed by atoms with van der Waals surface area (Å²) in [6.07, 6.45) is 2.16. The first-order valence-corrected chi connectivity index (χ1v) is 11.7. The molecule has 1 saturated heterocycles. The number of thiazole rings is 1. The molecule has 0 radical (unpaired) electrons. The Kier molecular flexibility index (Phi) is 7.70. The summed E-state index contributed by atoms with van der Waals surface area (Å²) in [6, 6.07) is 6.25. The van der Waals surface area contributed by atoms with E-state index in [2.05, 4.69) is 30.1 Å². The van der Waals surface area contributed by atoms with Crippen LogP contribution in [0.1, 0.15) is 25.3 Å². The standard InChI is InChI=1S/C20H27N3O3S2/c1-3-26-11-10-23-16-7-6-15(2)12-17(16)28-20(23)21-18(24)13-27-14-19(25)22-8-4-5-9-22/h6-7,12H,3-5,8-11,13-14H2,1-2H3. The van der Waals surface area contributed by atoms with Gasteiger partial charge in [0.05, 0.1) is 28.3 Å². The third kappa shape index (κ3) is 5.46. The highest BCUT2D eigenvalue weighted by Crippen LogP contribution is 2.19. The zero-order valence-corrected chi connectivity index (χ0v) is 18.1. The maximum Gasteiger partial charge on any atom is 0.258 e. The number of nitrogens with zero attached hydrogens (tertiary/aromatic N) is 3. The Morgan fingerprint density at radius 3 is 2.79 bits per heavy atom. The minimum atomic E-state index is -0.201. The van der Waals surface area contributed by atoms with Crippen LogP contribution >= 0.6 is 23.1 Å². The monoisotopic (exact) mass is 421 g/mol. The summed E-state index contributed by atoms with van der Waals surface area (Å²) in [5.74, 6) is 0.488. The lowest BCUT2D eigenvalue weighted by atomic mass is 10.2. The van der Waals surface area contributed by atoms with E-state index in [4.69, 9.17) is 4.74 Å². The van der Waals surface area contributed by atoms with Gasteiger partial charge in [-0.2, -0.15) is 4.99 Å². The summed E-state index contributed by atoms with van der Waals surface area (Å²) in [6.45, 7) is 7.61. The van der Waals surface area contributed by atoms with Gasteiger partial charge >= 0.3 is 0 Å². The SMILES string of the molecule is CCOCCn1c(=NC(=O)CSCC(=O)N2CCCC2)sc2cc(C)ccc21. The number of carbonyl (C=O) groups excluding carboxylic acids is 2. The molecule has 0 aliphatic carbocycles. The van der Waals surface area contributed by atoms with Crippen molar-refractivity contribution in [3.63, 3.8) is 0 Å². The molecule has 1 aromatic heterocycles. The third-order valence-corrected chi connectivity index (χ3v) is 6.58. The van der Waals surface area contributed by atoms with E-state index in [0.717, 1.165) is 36.1 Å². The van der Waals surface area contributed by atoms with Crippen LogP contribution in [0.15, 0.2) is 23.2 Å². The van der Waals surface area contributed by atoms with Crippen LogP contribution in [0.2, 0.25) is 0 Å². The Morgan fingerprint density at radius 2 is 2.04 bits per heavy atom. The molecule has 2 heterocycles. The third-order valence-electron chi connectivity index (χ3n) is 4.63. The van der Waals surface area contributed by atoms with Gasteiger partial charge in [0.2, 0.25) is 5.91 Å². The first-order valence-electron chi connectivity index (χ1n) is 9.69. The number of aryl methyl sites for hydroxylation is 1. The molecule has 0 unspecified atom stereocenters. The molecular formula is C20H27N3O3S2. The van der Waals surface area contributed by atoms with Crippen molar-refractivity contribution in [2.45, 2.75) is 33.2 Å². The van der Waals surface area contributed by atoms with Crippen molar-refractivity contribution in [2.24, 2.45) is 4.99 Å². The van der Waals surface area contributed by atoms with E-state index < -0.39 is 0 Å². The number of fused-ring (bicyclic) bond motifs is 1. The largest absolute Gasteiger partial charge is 0.380 e. The van der Waals surface area contributed by atoms with Crippen LogP contribution in [-0.2, 0) is 20.9 Å². The molecule has 0 atom stereocenters. The average Bonchev–Trinajstić information content (AvgIpc) is 3.30. The van der Waals surface area contributed by atoms with Crippen molar-refractivity contribution in [3.8, 4) is 0 Å². The zero-order chi connectivity index (χ0) is 19.9. The Balaban J connectivity index is 1.69. The molecule has 0 N–H and O–H groups in total. The van der Waals surface area contributed by atoms with Gasteiger partial charge in [0.1, 0.15) is 0 Å². The van der Waals surface area contributed by atoms with Gasteiger partial charge in [-0.25, -0.2) is 0 Å². The minimum Gasteiger partial charge on any atom is -0.380 e. The molecule has 2 aromatic rings. The maximum atomic E-state index is 12.4. The number of rotatable bonds is 8. The molecule has 6 nitrogen and oxygen atoms in total. The number of likely N-dealkylation sites (tertiary alicyclic amines) is 1. The molecule has 1 aromatic carbocycles. The number of thioether (sulfide) groups is 1.